The Kier molecular flexibility index (Phi) is 6.54. The van der Waals surface area contributed by atoms with E-state index in [-0.39, 0.29) is 17.6 Å². The summed E-state index contributed by atoms with van der Waals surface area (Å²) < 4.78 is 45.6. The number of carbonyl (C=O) groups excluding carboxylic acids is 1. The Bertz CT molecular complexity index is 918. The molecule has 1 N–H and O–H groups in total. The minimum atomic E-state index is -5.08. The normalized spacial score (nSPS) is 22.8. The predicted octanol–water partition coefficient (Wildman–Crippen LogP) is 2.51. The number of hydrogen-bond acceptors (Lipinski definition) is 5. The van der Waals surface area contributed by atoms with Gasteiger partial charge in [-0.3, -0.25) is 9.78 Å². The molecule has 0 aliphatic carbocycles. The zero-order chi connectivity index (χ0) is 22.6. The fourth-order valence-corrected chi connectivity index (χ4v) is 3.64. The van der Waals surface area contributed by atoms with Crippen molar-refractivity contribution in [3.8, 4) is 5.75 Å². The third-order valence-electron chi connectivity index (χ3n) is 5.12. The van der Waals surface area contributed by atoms with Crippen molar-refractivity contribution >= 4 is 11.9 Å². The van der Waals surface area contributed by atoms with Crippen LogP contribution in [0.1, 0.15) is 23.3 Å². The molecule has 2 aliphatic heterocycles. The number of carboxylic acids is 1. The lowest BCUT2D eigenvalue weighted by atomic mass is 9.98. The van der Waals surface area contributed by atoms with E-state index in [9.17, 15) is 18.0 Å². The third kappa shape index (κ3) is 5.54. The Labute approximate surface area is 176 Å². The van der Waals surface area contributed by atoms with Crippen LogP contribution in [0.2, 0.25) is 0 Å². The van der Waals surface area contributed by atoms with Crippen LogP contribution in [0, 0.1) is 0 Å². The molecule has 4 heterocycles. The van der Waals surface area contributed by atoms with Crippen LogP contribution in [0.25, 0.3) is 0 Å². The van der Waals surface area contributed by atoms with Gasteiger partial charge in [0.2, 0.25) is 0 Å². The van der Waals surface area contributed by atoms with E-state index >= 15 is 0 Å². The van der Waals surface area contributed by atoms with Crippen LogP contribution in [0.15, 0.2) is 42.9 Å². The van der Waals surface area contributed by atoms with Crippen LogP contribution in [-0.2, 0) is 16.6 Å². The number of halogens is 3. The van der Waals surface area contributed by atoms with E-state index in [1.807, 2.05) is 47.0 Å². The molecule has 2 aliphatic rings. The van der Waals surface area contributed by atoms with Crippen molar-refractivity contribution in [3.05, 3.63) is 48.5 Å². The van der Waals surface area contributed by atoms with Crippen LogP contribution in [0.3, 0.4) is 0 Å². The van der Waals surface area contributed by atoms with Gasteiger partial charge in [0, 0.05) is 32.4 Å². The average Bonchev–Trinajstić information content (AvgIpc) is 3.43. The smallest absolute Gasteiger partial charge is 0.486 e. The molecule has 0 radical (unpaired) electrons. The van der Waals surface area contributed by atoms with Crippen molar-refractivity contribution in [2.75, 3.05) is 19.7 Å². The van der Waals surface area contributed by atoms with Crippen molar-refractivity contribution in [3.63, 3.8) is 0 Å². The zero-order valence-corrected chi connectivity index (χ0v) is 16.7. The highest BCUT2D eigenvalue weighted by Crippen LogP contribution is 2.37. The molecule has 2 aromatic heterocycles. The number of alkyl halides is 3. The summed E-state index contributed by atoms with van der Waals surface area (Å²) in [5.74, 6) is -1.93. The minimum Gasteiger partial charge on any atom is -0.486 e. The molecular formula is C20H22F3N3O5. The second-order valence-corrected chi connectivity index (χ2v) is 7.41. The monoisotopic (exact) mass is 441 g/mol. The van der Waals surface area contributed by atoms with E-state index in [1.165, 1.54) is 0 Å². The first-order valence-corrected chi connectivity index (χ1v) is 9.51. The Morgan fingerprint density at radius 2 is 2.06 bits per heavy atom. The molecule has 2 atom stereocenters. The predicted molar refractivity (Wildman–Crippen MR) is 102 cm³/mol. The van der Waals surface area contributed by atoms with Gasteiger partial charge in [-0.05, 0) is 30.7 Å². The molecular weight excluding hydrogens is 419 g/mol. The van der Waals surface area contributed by atoms with Crippen molar-refractivity contribution in [1.29, 1.82) is 0 Å². The lowest BCUT2D eigenvalue weighted by Gasteiger charge is -2.23. The van der Waals surface area contributed by atoms with Crippen molar-refractivity contribution in [2.24, 2.45) is 7.05 Å². The van der Waals surface area contributed by atoms with E-state index in [0.717, 1.165) is 25.1 Å². The molecule has 168 valence electrons. The first-order valence-electron chi connectivity index (χ1n) is 9.51. The molecule has 8 nitrogen and oxygen atoms in total. The molecule has 1 amide bonds. The summed E-state index contributed by atoms with van der Waals surface area (Å²) in [5, 5.41) is 7.12. The topological polar surface area (TPSA) is 93.9 Å². The van der Waals surface area contributed by atoms with Crippen molar-refractivity contribution < 1.29 is 37.3 Å². The van der Waals surface area contributed by atoms with Crippen molar-refractivity contribution in [1.82, 2.24) is 14.5 Å². The number of carboxylic acid groups (broad SMARTS) is 1. The molecule has 0 saturated carbocycles. The fraction of sp³-hybridized carbons (Fsp3) is 0.450. The van der Waals surface area contributed by atoms with Gasteiger partial charge < -0.3 is 24.0 Å². The summed E-state index contributed by atoms with van der Waals surface area (Å²) in [4.78, 5) is 27.5. The number of aromatic nitrogens is 2. The van der Waals surface area contributed by atoms with Gasteiger partial charge >= 0.3 is 12.1 Å². The Morgan fingerprint density at radius 3 is 2.65 bits per heavy atom. The van der Waals surface area contributed by atoms with Gasteiger partial charge in [-0.2, -0.15) is 13.2 Å². The number of pyridine rings is 1. The number of rotatable bonds is 3. The van der Waals surface area contributed by atoms with Crippen LogP contribution in [-0.4, -0.2) is 69.0 Å². The number of nitrogens with zero attached hydrogens (tertiary/aromatic N) is 3. The van der Waals surface area contributed by atoms with E-state index in [4.69, 9.17) is 19.4 Å². The molecule has 2 saturated heterocycles. The summed E-state index contributed by atoms with van der Waals surface area (Å²) in [5.41, 5.74) is 0.446. The summed E-state index contributed by atoms with van der Waals surface area (Å²) in [6.45, 7) is 1.91. The Balaban J connectivity index is 0.000000339. The highest BCUT2D eigenvalue weighted by molar-refractivity contribution is 5.93. The van der Waals surface area contributed by atoms with Crippen LogP contribution >= 0.6 is 0 Å². The zero-order valence-electron chi connectivity index (χ0n) is 16.7. The Hall–Kier alpha value is -3.08. The molecule has 1 spiro atoms. The van der Waals surface area contributed by atoms with Gasteiger partial charge in [-0.25, -0.2) is 4.79 Å². The molecule has 11 heteroatoms. The number of carbonyl (C=O) groups is 2. The summed E-state index contributed by atoms with van der Waals surface area (Å²) in [6, 6.07) is 7.51. The lowest BCUT2D eigenvalue weighted by molar-refractivity contribution is -0.192. The van der Waals surface area contributed by atoms with Crippen LogP contribution in [0.4, 0.5) is 13.2 Å². The number of aliphatic carboxylic acids is 1. The van der Waals surface area contributed by atoms with Crippen molar-refractivity contribution in [2.45, 2.75) is 30.7 Å². The first-order chi connectivity index (χ1) is 14.6. The molecule has 0 aromatic carbocycles. The number of aryl methyl sites for hydroxylation is 1. The van der Waals surface area contributed by atoms with Gasteiger partial charge in [0.1, 0.15) is 17.5 Å². The van der Waals surface area contributed by atoms with Crippen LogP contribution < -0.4 is 4.74 Å². The summed E-state index contributed by atoms with van der Waals surface area (Å²) in [7, 11) is 1.89. The highest BCUT2D eigenvalue weighted by atomic mass is 19.4. The number of ether oxygens (including phenoxy) is 2. The molecule has 0 bridgehead atoms. The SMILES string of the molecule is Cn1cccc1C(=O)N1CCC2(CC(Oc3cccnc3)CO2)C1.O=C(O)C(F)(F)F. The first kappa shape index (κ1) is 22.6. The van der Waals surface area contributed by atoms with Gasteiger partial charge in [-0.1, -0.05) is 0 Å². The van der Waals surface area contributed by atoms with E-state index in [2.05, 4.69) is 4.98 Å². The van der Waals surface area contributed by atoms with Gasteiger partial charge in [0.25, 0.3) is 5.91 Å². The lowest BCUT2D eigenvalue weighted by Crippen LogP contribution is -2.36. The standard InChI is InChI=1S/C18H21N3O3.C2HF3O2/c1-20-8-3-5-16(20)17(22)21-9-6-18(13-21)10-15(12-23-18)24-14-4-2-7-19-11-14;3-2(4,5)1(6)7/h2-5,7-8,11,15H,6,9-10,12-13H2,1H3;(H,6,7). The molecule has 2 aromatic rings. The quantitative estimate of drug-likeness (QED) is 0.787. The van der Waals surface area contributed by atoms with E-state index in [0.29, 0.717) is 18.8 Å². The van der Waals surface area contributed by atoms with Gasteiger partial charge in [0.15, 0.2) is 0 Å². The van der Waals surface area contributed by atoms with E-state index in [1.54, 1.807) is 12.4 Å². The number of hydrogen-bond donors (Lipinski definition) is 1. The van der Waals surface area contributed by atoms with Gasteiger partial charge in [0.05, 0.1) is 24.9 Å². The van der Waals surface area contributed by atoms with Gasteiger partial charge in [-0.15, -0.1) is 0 Å². The maximum absolute atomic E-state index is 12.7. The Morgan fingerprint density at radius 1 is 1.32 bits per heavy atom. The fourth-order valence-electron chi connectivity index (χ4n) is 3.64. The maximum atomic E-state index is 12.7. The van der Waals surface area contributed by atoms with E-state index < -0.39 is 12.1 Å². The minimum absolute atomic E-state index is 0.0132. The molecule has 2 fully saturated rings. The summed E-state index contributed by atoms with van der Waals surface area (Å²) in [6.07, 6.45) is 1.92. The third-order valence-corrected chi connectivity index (χ3v) is 5.12. The second kappa shape index (κ2) is 8.96. The molecule has 2 unspecified atom stereocenters. The highest BCUT2D eigenvalue weighted by Gasteiger charge is 2.47. The second-order valence-electron chi connectivity index (χ2n) is 7.41. The summed E-state index contributed by atoms with van der Waals surface area (Å²) >= 11 is 0. The molecule has 31 heavy (non-hydrogen) atoms. The molecule has 4 rings (SSSR count). The largest absolute Gasteiger partial charge is 0.490 e. The van der Waals surface area contributed by atoms with Crippen LogP contribution in [0.5, 0.6) is 5.75 Å². The maximum Gasteiger partial charge on any atom is 0.490 e. The number of amides is 1. The average molecular weight is 441 g/mol. The number of likely N-dealkylation sites (tertiary alicyclic amines) is 1.